The first kappa shape index (κ1) is 12.9. The Kier molecular flexibility index (Phi) is 4.68. The highest BCUT2D eigenvalue weighted by Gasteiger charge is 2.24. The van der Waals surface area contributed by atoms with Gasteiger partial charge in [0.05, 0.1) is 6.04 Å². The molecule has 0 aliphatic heterocycles. The predicted octanol–water partition coefficient (Wildman–Crippen LogP) is 1.89. The third-order valence-corrected chi connectivity index (χ3v) is 2.55. The molecular formula is C13H19NO2. The molecule has 1 aromatic rings. The van der Waals surface area contributed by atoms with Crippen LogP contribution in [0.4, 0.5) is 0 Å². The van der Waals surface area contributed by atoms with Crippen molar-refractivity contribution < 1.29 is 10.2 Å². The van der Waals surface area contributed by atoms with Crippen LogP contribution < -0.4 is 0 Å². The molecule has 0 saturated heterocycles. The molecule has 88 valence electrons. The number of aliphatic hydroxyl groups is 2. The van der Waals surface area contributed by atoms with E-state index < -0.39 is 12.5 Å². The maximum atomic E-state index is 9.66. The van der Waals surface area contributed by atoms with E-state index in [1.807, 2.05) is 30.3 Å². The second-order valence-electron chi connectivity index (χ2n) is 3.80. The van der Waals surface area contributed by atoms with Gasteiger partial charge < -0.3 is 10.2 Å². The number of hydrogen-bond acceptors (Lipinski definition) is 3. The molecule has 0 aliphatic carbocycles. The van der Waals surface area contributed by atoms with E-state index in [9.17, 15) is 10.2 Å². The van der Waals surface area contributed by atoms with Gasteiger partial charge in [0.2, 0.25) is 0 Å². The van der Waals surface area contributed by atoms with Crippen LogP contribution in [0.25, 0.3) is 0 Å². The van der Waals surface area contributed by atoms with Crippen molar-refractivity contribution in [2.24, 2.45) is 0 Å². The number of rotatable bonds is 5. The number of benzene rings is 1. The molecule has 3 nitrogen and oxygen atoms in total. The summed E-state index contributed by atoms with van der Waals surface area (Å²) in [6.45, 7) is 7.02. The molecular weight excluding hydrogens is 202 g/mol. The minimum absolute atomic E-state index is 0.193. The number of hydrogen-bond donors (Lipinski definition) is 2. The summed E-state index contributed by atoms with van der Waals surface area (Å²) < 4.78 is 0. The molecule has 3 atom stereocenters. The molecule has 0 fully saturated rings. The van der Waals surface area contributed by atoms with E-state index in [2.05, 4.69) is 6.58 Å². The third-order valence-electron chi connectivity index (χ3n) is 2.55. The molecule has 0 bridgehead atoms. The molecule has 1 rings (SSSR count). The van der Waals surface area contributed by atoms with Crippen molar-refractivity contribution in [1.29, 1.82) is 0 Å². The van der Waals surface area contributed by atoms with Crippen molar-refractivity contribution in [1.82, 2.24) is 4.90 Å². The highest BCUT2D eigenvalue weighted by molar-refractivity contribution is 5.22. The SMILES string of the molecule is C=CC(c1ccccc1)N(C(C)O)C(C)O. The molecule has 0 amide bonds. The highest BCUT2D eigenvalue weighted by atomic mass is 16.3. The molecule has 2 N–H and O–H groups in total. The summed E-state index contributed by atoms with van der Waals surface area (Å²) in [6.07, 6.45) is 0.251. The zero-order valence-electron chi connectivity index (χ0n) is 9.74. The second kappa shape index (κ2) is 5.80. The Labute approximate surface area is 96.6 Å². The summed E-state index contributed by atoms with van der Waals surface area (Å²) >= 11 is 0. The van der Waals surface area contributed by atoms with E-state index in [4.69, 9.17) is 0 Å². The molecule has 3 unspecified atom stereocenters. The highest BCUT2D eigenvalue weighted by Crippen LogP contribution is 2.24. The van der Waals surface area contributed by atoms with Gasteiger partial charge in [0.1, 0.15) is 12.5 Å². The van der Waals surface area contributed by atoms with Gasteiger partial charge in [-0.1, -0.05) is 36.4 Å². The van der Waals surface area contributed by atoms with Crippen molar-refractivity contribution in [3.05, 3.63) is 48.6 Å². The van der Waals surface area contributed by atoms with Crippen molar-refractivity contribution in [2.75, 3.05) is 0 Å². The zero-order valence-corrected chi connectivity index (χ0v) is 9.74. The molecule has 0 aliphatic rings. The van der Waals surface area contributed by atoms with E-state index >= 15 is 0 Å². The van der Waals surface area contributed by atoms with E-state index in [-0.39, 0.29) is 6.04 Å². The van der Waals surface area contributed by atoms with E-state index in [0.717, 1.165) is 5.56 Å². The third kappa shape index (κ3) is 2.92. The molecule has 3 heteroatoms. The normalized spacial score (nSPS) is 16.8. The Morgan fingerprint density at radius 1 is 1.12 bits per heavy atom. The molecule has 0 aromatic heterocycles. The fourth-order valence-electron chi connectivity index (χ4n) is 1.86. The molecule has 1 aromatic carbocycles. The van der Waals surface area contributed by atoms with Gasteiger partial charge in [-0.25, -0.2) is 4.90 Å². The van der Waals surface area contributed by atoms with Crippen LogP contribution in [0.1, 0.15) is 25.5 Å². The van der Waals surface area contributed by atoms with Crippen LogP contribution in [0.2, 0.25) is 0 Å². The predicted molar refractivity (Wildman–Crippen MR) is 64.6 cm³/mol. The Bertz CT molecular complexity index is 314. The van der Waals surface area contributed by atoms with Gasteiger partial charge in [-0.3, -0.25) is 0 Å². The Morgan fingerprint density at radius 2 is 1.62 bits per heavy atom. The van der Waals surface area contributed by atoms with Gasteiger partial charge in [0.15, 0.2) is 0 Å². The van der Waals surface area contributed by atoms with E-state index in [0.29, 0.717) is 0 Å². The summed E-state index contributed by atoms with van der Waals surface area (Å²) in [6, 6.07) is 9.48. The van der Waals surface area contributed by atoms with Crippen molar-refractivity contribution in [2.45, 2.75) is 32.3 Å². The maximum absolute atomic E-state index is 9.66. The number of aliphatic hydroxyl groups excluding tert-OH is 2. The van der Waals surface area contributed by atoms with Crippen LogP contribution >= 0.6 is 0 Å². The first-order valence-corrected chi connectivity index (χ1v) is 5.39. The molecule has 0 saturated carbocycles. The van der Waals surface area contributed by atoms with Crippen molar-refractivity contribution in [3.8, 4) is 0 Å². The second-order valence-corrected chi connectivity index (χ2v) is 3.80. The monoisotopic (exact) mass is 221 g/mol. The van der Waals surface area contributed by atoms with Gasteiger partial charge in [-0.05, 0) is 19.4 Å². The van der Waals surface area contributed by atoms with Crippen LogP contribution in [-0.2, 0) is 0 Å². The summed E-state index contributed by atoms with van der Waals surface area (Å²) in [4.78, 5) is 1.59. The van der Waals surface area contributed by atoms with Gasteiger partial charge in [-0.2, -0.15) is 0 Å². The standard InChI is InChI=1S/C13H19NO2/c1-4-13(12-8-6-5-7-9-12)14(10(2)15)11(3)16/h4-11,13,15-16H,1H2,2-3H3. The summed E-state index contributed by atoms with van der Waals surface area (Å²) in [5.74, 6) is 0. The summed E-state index contributed by atoms with van der Waals surface area (Å²) in [7, 11) is 0. The molecule has 0 heterocycles. The first-order valence-electron chi connectivity index (χ1n) is 5.39. The summed E-state index contributed by atoms with van der Waals surface area (Å²) in [5, 5.41) is 19.3. The average molecular weight is 221 g/mol. The minimum Gasteiger partial charge on any atom is -0.379 e. The molecule has 16 heavy (non-hydrogen) atoms. The zero-order chi connectivity index (χ0) is 12.1. The van der Waals surface area contributed by atoms with Gasteiger partial charge in [-0.15, -0.1) is 6.58 Å². The van der Waals surface area contributed by atoms with Crippen LogP contribution in [0.3, 0.4) is 0 Å². The summed E-state index contributed by atoms with van der Waals surface area (Å²) in [5.41, 5.74) is 0.999. The lowest BCUT2D eigenvalue weighted by Gasteiger charge is -2.34. The Balaban J connectivity index is 3.00. The quantitative estimate of drug-likeness (QED) is 0.589. The number of nitrogens with zero attached hydrogens (tertiary/aromatic N) is 1. The largest absolute Gasteiger partial charge is 0.379 e. The first-order chi connectivity index (χ1) is 7.57. The van der Waals surface area contributed by atoms with Crippen LogP contribution in [0, 0.1) is 0 Å². The Hall–Kier alpha value is -1.16. The lowest BCUT2D eigenvalue weighted by molar-refractivity contribution is -0.100. The van der Waals surface area contributed by atoms with Crippen LogP contribution in [-0.4, -0.2) is 27.6 Å². The van der Waals surface area contributed by atoms with Crippen LogP contribution in [0.5, 0.6) is 0 Å². The fourth-order valence-corrected chi connectivity index (χ4v) is 1.86. The van der Waals surface area contributed by atoms with E-state index in [1.54, 1.807) is 24.8 Å². The topological polar surface area (TPSA) is 43.7 Å². The van der Waals surface area contributed by atoms with Gasteiger partial charge in [0.25, 0.3) is 0 Å². The Morgan fingerprint density at radius 3 is 2.00 bits per heavy atom. The lowest BCUT2D eigenvalue weighted by atomic mass is 10.0. The lowest BCUT2D eigenvalue weighted by Crippen LogP contribution is -2.42. The van der Waals surface area contributed by atoms with Gasteiger partial charge in [0, 0.05) is 0 Å². The van der Waals surface area contributed by atoms with Crippen molar-refractivity contribution >= 4 is 0 Å². The van der Waals surface area contributed by atoms with Crippen LogP contribution in [0.15, 0.2) is 43.0 Å². The minimum atomic E-state index is -0.733. The smallest absolute Gasteiger partial charge is 0.107 e. The average Bonchev–Trinajstić information content (AvgIpc) is 2.25. The molecule has 0 radical (unpaired) electrons. The van der Waals surface area contributed by atoms with E-state index in [1.165, 1.54) is 0 Å². The fraction of sp³-hybridized carbons (Fsp3) is 0.385. The molecule has 0 spiro atoms. The van der Waals surface area contributed by atoms with Gasteiger partial charge >= 0.3 is 0 Å². The van der Waals surface area contributed by atoms with Crippen molar-refractivity contribution in [3.63, 3.8) is 0 Å². The maximum Gasteiger partial charge on any atom is 0.107 e.